The van der Waals surface area contributed by atoms with Gasteiger partial charge in [0, 0.05) is 25.7 Å². The van der Waals surface area contributed by atoms with Crippen molar-refractivity contribution in [3.8, 4) is 0 Å². The molecule has 0 radical (unpaired) electrons. The molecular weight excluding hydrogens is 1380 g/mol. The SMILES string of the molecule is CCCCCCCCCCCCCCCCCCCCCCCC(=O)O[C@H](COC(=O)CCCCCCCCCCCCCCCCCCC(C)C)COP(=O)(O)OC[C@@H](O)COP(=O)(O)OC[C@@H](COC(=O)CCCCCCCCCCC)OC(=O)CCCCCCCCCCCCCCCCC(C)C. The fraction of sp³-hybridized carbons (Fsp3) is 0.954. The molecule has 0 amide bonds. The normalized spacial score (nSPS) is 13.8. The highest BCUT2D eigenvalue weighted by molar-refractivity contribution is 7.47. The van der Waals surface area contributed by atoms with Gasteiger partial charge in [-0.25, -0.2) is 9.13 Å². The highest BCUT2D eigenvalue weighted by Crippen LogP contribution is 2.45. The van der Waals surface area contributed by atoms with E-state index in [1.807, 2.05) is 0 Å². The second kappa shape index (κ2) is 78.3. The molecule has 630 valence electrons. The Morgan fingerprint density at radius 2 is 0.434 bits per heavy atom. The molecule has 0 saturated carbocycles. The first-order valence-corrected chi connectivity index (χ1v) is 48.0. The Balaban J connectivity index is 5.20. The molecule has 5 atom stereocenters. The lowest BCUT2D eigenvalue weighted by molar-refractivity contribution is -0.161. The fourth-order valence-corrected chi connectivity index (χ4v) is 15.2. The van der Waals surface area contributed by atoms with Gasteiger partial charge in [-0.2, -0.15) is 0 Å². The van der Waals surface area contributed by atoms with Crippen LogP contribution in [0.15, 0.2) is 0 Å². The maximum Gasteiger partial charge on any atom is 0.472 e. The van der Waals surface area contributed by atoms with E-state index < -0.39 is 97.5 Å². The van der Waals surface area contributed by atoms with Gasteiger partial charge in [0.25, 0.3) is 0 Å². The predicted octanol–water partition coefficient (Wildman–Crippen LogP) is 26.6. The monoisotopic (exact) mass is 1550 g/mol. The van der Waals surface area contributed by atoms with Gasteiger partial charge >= 0.3 is 39.5 Å². The van der Waals surface area contributed by atoms with Gasteiger partial charge in [0.05, 0.1) is 26.4 Å². The molecule has 0 aliphatic heterocycles. The Morgan fingerprint density at radius 3 is 0.642 bits per heavy atom. The third kappa shape index (κ3) is 80.1. The molecule has 0 aromatic heterocycles. The maximum atomic E-state index is 13.2. The predicted molar refractivity (Wildman–Crippen MR) is 437 cm³/mol. The molecule has 2 unspecified atom stereocenters. The van der Waals surface area contributed by atoms with Gasteiger partial charge in [-0.15, -0.1) is 0 Å². The van der Waals surface area contributed by atoms with Crippen LogP contribution >= 0.6 is 15.6 Å². The van der Waals surface area contributed by atoms with E-state index in [2.05, 4.69) is 41.5 Å². The van der Waals surface area contributed by atoms with Crippen molar-refractivity contribution in [2.75, 3.05) is 39.6 Å². The standard InChI is InChI=1S/C87H170O17P2/c1-7-9-11-13-15-17-18-19-20-21-22-23-24-25-30-36-41-47-53-59-65-71-87(92)104-83(76-98-85(90)70-64-58-52-46-40-35-29-27-26-28-33-38-44-49-55-61-67-79(3)4)78-102-106(95,96)100-74-81(88)73-99-105(93,94)101-77-82(75-97-84(89)69-63-57-51-43-16-14-12-10-8-2)103-86(91)72-66-60-54-48-42-37-32-31-34-39-45-50-56-62-68-80(5)6/h79-83,88H,7-78H2,1-6H3,(H,93,94)(H,95,96)/t81-,82+,83+/m0/s1. The minimum absolute atomic E-state index is 0.108. The van der Waals surface area contributed by atoms with Crippen LogP contribution in [0.25, 0.3) is 0 Å². The minimum atomic E-state index is -4.97. The molecule has 0 aliphatic carbocycles. The van der Waals surface area contributed by atoms with Gasteiger partial charge in [-0.3, -0.25) is 37.3 Å². The molecule has 0 spiro atoms. The number of hydrogen-bond donors (Lipinski definition) is 3. The van der Waals surface area contributed by atoms with Crippen molar-refractivity contribution < 1.29 is 80.2 Å². The summed E-state index contributed by atoms with van der Waals surface area (Å²) < 4.78 is 68.9. The smallest absolute Gasteiger partial charge is 0.462 e. The third-order valence-electron chi connectivity index (χ3n) is 20.5. The zero-order valence-electron chi connectivity index (χ0n) is 69.7. The van der Waals surface area contributed by atoms with Crippen molar-refractivity contribution in [3.05, 3.63) is 0 Å². The van der Waals surface area contributed by atoms with E-state index in [-0.39, 0.29) is 25.7 Å². The van der Waals surface area contributed by atoms with E-state index in [1.54, 1.807) is 0 Å². The van der Waals surface area contributed by atoms with Gasteiger partial charge in [0.2, 0.25) is 0 Å². The fourth-order valence-electron chi connectivity index (χ4n) is 13.6. The largest absolute Gasteiger partial charge is 0.472 e. The zero-order chi connectivity index (χ0) is 77.8. The van der Waals surface area contributed by atoms with E-state index >= 15 is 0 Å². The molecule has 0 saturated heterocycles. The average molecular weight is 1550 g/mol. The number of carbonyl (C=O) groups excluding carboxylic acids is 4. The summed E-state index contributed by atoms with van der Waals surface area (Å²) in [7, 11) is -9.93. The molecule has 0 heterocycles. The summed E-state index contributed by atoms with van der Waals surface area (Å²) in [5, 5.41) is 10.7. The van der Waals surface area contributed by atoms with Crippen LogP contribution in [0.5, 0.6) is 0 Å². The van der Waals surface area contributed by atoms with Crippen LogP contribution in [0.2, 0.25) is 0 Å². The van der Waals surface area contributed by atoms with E-state index in [1.165, 1.54) is 283 Å². The van der Waals surface area contributed by atoms with Crippen LogP contribution in [0.3, 0.4) is 0 Å². The number of carbonyl (C=O) groups is 4. The molecule has 17 nitrogen and oxygen atoms in total. The Labute approximate surface area is 651 Å². The topological polar surface area (TPSA) is 237 Å². The summed E-state index contributed by atoms with van der Waals surface area (Å²) >= 11 is 0. The number of phosphoric ester groups is 2. The minimum Gasteiger partial charge on any atom is -0.462 e. The van der Waals surface area contributed by atoms with Gasteiger partial charge in [-0.05, 0) is 37.5 Å². The van der Waals surface area contributed by atoms with Crippen LogP contribution in [-0.4, -0.2) is 96.7 Å². The van der Waals surface area contributed by atoms with Crippen LogP contribution in [-0.2, 0) is 65.4 Å². The molecular formula is C87H170O17P2. The first-order valence-electron chi connectivity index (χ1n) is 45.0. The second-order valence-electron chi connectivity index (χ2n) is 32.2. The average Bonchev–Trinajstić information content (AvgIpc) is 0.905. The van der Waals surface area contributed by atoms with Gasteiger partial charge < -0.3 is 33.8 Å². The van der Waals surface area contributed by atoms with Gasteiger partial charge in [-0.1, -0.05) is 414 Å². The number of aliphatic hydroxyl groups is 1. The molecule has 0 fully saturated rings. The molecule has 106 heavy (non-hydrogen) atoms. The van der Waals surface area contributed by atoms with Crippen molar-refractivity contribution >= 4 is 39.5 Å². The van der Waals surface area contributed by atoms with Crippen molar-refractivity contribution in [2.24, 2.45) is 11.8 Å². The highest BCUT2D eigenvalue weighted by atomic mass is 31.2. The number of phosphoric acid groups is 2. The van der Waals surface area contributed by atoms with Crippen molar-refractivity contribution in [1.82, 2.24) is 0 Å². The Morgan fingerprint density at radius 1 is 0.255 bits per heavy atom. The lowest BCUT2D eigenvalue weighted by atomic mass is 10.0. The number of esters is 4. The molecule has 0 rings (SSSR count). The molecule has 0 bridgehead atoms. The van der Waals surface area contributed by atoms with E-state index in [9.17, 15) is 43.2 Å². The quantitative estimate of drug-likeness (QED) is 0.0222. The van der Waals surface area contributed by atoms with Crippen LogP contribution in [0.4, 0.5) is 0 Å². The summed E-state index contributed by atoms with van der Waals surface area (Å²) in [5.74, 6) is -0.494. The molecule has 19 heteroatoms. The Hall–Kier alpha value is -1.94. The highest BCUT2D eigenvalue weighted by Gasteiger charge is 2.30. The second-order valence-corrected chi connectivity index (χ2v) is 35.1. The van der Waals surface area contributed by atoms with E-state index in [4.69, 9.17) is 37.0 Å². The van der Waals surface area contributed by atoms with Crippen molar-refractivity contribution in [2.45, 2.75) is 484 Å². The molecule has 3 N–H and O–H groups in total. The number of aliphatic hydroxyl groups excluding tert-OH is 1. The molecule has 0 aliphatic rings. The first kappa shape index (κ1) is 104. The Kier molecular flexibility index (Phi) is 76.9. The summed E-state index contributed by atoms with van der Waals surface area (Å²) in [4.78, 5) is 73.2. The van der Waals surface area contributed by atoms with Crippen molar-refractivity contribution in [1.29, 1.82) is 0 Å². The number of hydrogen-bond acceptors (Lipinski definition) is 15. The number of unbranched alkanes of at least 4 members (excludes halogenated alkanes) is 56. The maximum absolute atomic E-state index is 13.2. The van der Waals surface area contributed by atoms with Gasteiger partial charge in [0.1, 0.15) is 19.3 Å². The van der Waals surface area contributed by atoms with Crippen LogP contribution < -0.4 is 0 Å². The lowest BCUT2D eigenvalue weighted by Crippen LogP contribution is -2.30. The number of rotatable bonds is 86. The summed E-state index contributed by atoms with van der Waals surface area (Å²) in [6, 6.07) is 0. The molecule has 0 aromatic carbocycles. The van der Waals surface area contributed by atoms with Crippen LogP contribution in [0.1, 0.15) is 465 Å². The summed E-state index contributed by atoms with van der Waals surface area (Å²) in [6.07, 6.45) is 70.9. The van der Waals surface area contributed by atoms with E-state index in [0.717, 1.165) is 102 Å². The summed E-state index contributed by atoms with van der Waals surface area (Å²) in [6.45, 7) is 9.71. The number of ether oxygens (including phenoxy) is 4. The summed E-state index contributed by atoms with van der Waals surface area (Å²) in [5.41, 5.74) is 0. The lowest BCUT2D eigenvalue weighted by Gasteiger charge is -2.21. The zero-order valence-corrected chi connectivity index (χ0v) is 71.5. The van der Waals surface area contributed by atoms with E-state index in [0.29, 0.717) is 25.7 Å². The molecule has 0 aromatic rings. The first-order chi connectivity index (χ1) is 51.4. The third-order valence-corrected chi connectivity index (χ3v) is 22.4. The van der Waals surface area contributed by atoms with Gasteiger partial charge in [0.15, 0.2) is 12.2 Å². The Bertz CT molecular complexity index is 2030. The van der Waals surface area contributed by atoms with Crippen molar-refractivity contribution in [3.63, 3.8) is 0 Å². The van der Waals surface area contributed by atoms with Crippen LogP contribution in [0, 0.1) is 11.8 Å².